The summed E-state index contributed by atoms with van der Waals surface area (Å²) < 4.78 is 29.4. The summed E-state index contributed by atoms with van der Waals surface area (Å²) in [6.45, 7) is 0.980. The van der Waals surface area contributed by atoms with E-state index in [-0.39, 0.29) is 29.5 Å². The Kier molecular flexibility index (Phi) is 5.05. The predicted octanol–water partition coefficient (Wildman–Crippen LogP) is 4.24. The quantitative estimate of drug-likeness (QED) is 0.393. The summed E-state index contributed by atoms with van der Waals surface area (Å²) in [6.07, 6.45) is 3.62. The van der Waals surface area contributed by atoms with E-state index in [1.807, 2.05) is 24.3 Å². The summed E-state index contributed by atoms with van der Waals surface area (Å²) in [5.41, 5.74) is 1.77. The molecule has 2 atom stereocenters. The monoisotopic (exact) mass is 539 g/mol. The van der Waals surface area contributed by atoms with Gasteiger partial charge in [0.25, 0.3) is 15.6 Å². The Labute approximate surface area is 216 Å². The Morgan fingerprint density at radius 3 is 2.53 bits per heavy atom. The summed E-state index contributed by atoms with van der Waals surface area (Å²) in [5, 5.41) is 6.50. The van der Waals surface area contributed by atoms with Crippen LogP contribution in [0, 0.1) is 11.8 Å². The van der Waals surface area contributed by atoms with E-state index in [9.17, 15) is 13.2 Å². The number of nitrogens with zero attached hydrogens (tertiary/aromatic N) is 4. The van der Waals surface area contributed by atoms with Crippen molar-refractivity contribution in [2.75, 3.05) is 18.4 Å². The van der Waals surface area contributed by atoms with Gasteiger partial charge in [-0.3, -0.25) is 9.36 Å². The molecule has 0 radical (unpaired) electrons. The molecule has 7 rings (SSSR count). The zero-order chi connectivity index (χ0) is 24.6. The van der Waals surface area contributed by atoms with Crippen molar-refractivity contribution in [2.45, 2.75) is 29.1 Å². The summed E-state index contributed by atoms with van der Waals surface area (Å²) in [6, 6.07) is 12.8. The Hall–Kier alpha value is -2.79. The predicted molar refractivity (Wildman–Crippen MR) is 140 cm³/mol. The number of pyridine rings is 1. The molecule has 1 N–H and O–H groups in total. The molecular formula is C25H22ClN5O3S2. The molecule has 2 aliphatic carbocycles. The number of halogens is 1. The van der Waals surface area contributed by atoms with Crippen LogP contribution >= 0.6 is 22.9 Å². The van der Waals surface area contributed by atoms with Gasteiger partial charge >= 0.3 is 0 Å². The fourth-order valence-electron chi connectivity index (χ4n) is 5.32. The normalized spacial score (nSPS) is 23.6. The first-order valence-electron chi connectivity index (χ1n) is 11.9. The van der Waals surface area contributed by atoms with Crippen LogP contribution in [0.3, 0.4) is 0 Å². The van der Waals surface area contributed by atoms with Crippen LogP contribution in [-0.4, -0.2) is 46.4 Å². The molecule has 36 heavy (non-hydrogen) atoms. The number of rotatable bonds is 6. The molecule has 3 aliphatic rings. The van der Waals surface area contributed by atoms with Crippen LogP contribution in [0.1, 0.15) is 18.9 Å². The third-order valence-electron chi connectivity index (χ3n) is 7.39. The molecule has 1 saturated heterocycles. The molecule has 1 aliphatic heterocycles. The lowest BCUT2D eigenvalue weighted by molar-refractivity contribution is 0.437. The topological polar surface area (TPSA) is 97.2 Å². The Balaban J connectivity index is 1.16. The second kappa shape index (κ2) is 8.11. The fourth-order valence-corrected chi connectivity index (χ4v) is 8.22. The maximum absolute atomic E-state index is 13.5. The van der Waals surface area contributed by atoms with E-state index < -0.39 is 10.0 Å². The van der Waals surface area contributed by atoms with E-state index in [1.54, 1.807) is 38.6 Å². The number of anilines is 1. The molecular weight excluding hydrogens is 518 g/mol. The number of fused-ring (bicyclic) bond motifs is 2. The highest BCUT2D eigenvalue weighted by atomic mass is 35.5. The molecule has 0 bridgehead atoms. The van der Waals surface area contributed by atoms with Crippen LogP contribution in [0.15, 0.2) is 63.0 Å². The van der Waals surface area contributed by atoms with Crippen LogP contribution in [0.25, 0.3) is 22.2 Å². The number of piperidine rings is 1. The first-order chi connectivity index (χ1) is 17.4. The smallest absolute Gasteiger partial charge is 0.260 e. The Morgan fingerprint density at radius 2 is 1.83 bits per heavy atom. The van der Waals surface area contributed by atoms with Crippen LogP contribution in [-0.2, 0) is 10.0 Å². The Morgan fingerprint density at radius 1 is 1.06 bits per heavy atom. The Bertz CT molecular complexity index is 1660. The summed E-state index contributed by atoms with van der Waals surface area (Å²) in [7, 11) is -3.42. The van der Waals surface area contributed by atoms with E-state index in [0.717, 1.165) is 18.2 Å². The van der Waals surface area contributed by atoms with Crippen molar-refractivity contribution in [1.29, 1.82) is 0 Å². The number of hydrogen-bond donors (Lipinski definition) is 1. The molecule has 0 amide bonds. The highest BCUT2D eigenvalue weighted by Gasteiger charge is 2.58. The SMILES string of the molecule is O=c1c(-c2ccccc2Cl)cc2cnc(NC3C4CN(S(=O)(=O)c5cccs5)CC43)nc2n1C1CC1. The van der Waals surface area contributed by atoms with E-state index in [4.69, 9.17) is 16.6 Å². The summed E-state index contributed by atoms with van der Waals surface area (Å²) >= 11 is 7.65. The average Bonchev–Trinajstić information content (AvgIpc) is 3.64. The molecule has 184 valence electrons. The minimum atomic E-state index is -3.42. The van der Waals surface area contributed by atoms with Crippen molar-refractivity contribution in [3.05, 3.63) is 69.4 Å². The van der Waals surface area contributed by atoms with Crippen molar-refractivity contribution >= 4 is 49.9 Å². The van der Waals surface area contributed by atoms with Crippen molar-refractivity contribution in [2.24, 2.45) is 11.8 Å². The van der Waals surface area contributed by atoms with Gasteiger partial charge in [0.1, 0.15) is 9.86 Å². The lowest BCUT2D eigenvalue weighted by Gasteiger charge is -2.19. The number of aromatic nitrogens is 3. The van der Waals surface area contributed by atoms with Crippen molar-refractivity contribution < 1.29 is 8.42 Å². The maximum atomic E-state index is 13.5. The zero-order valence-corrected chi connectivity index (χ0v) is 21.4. The number of nitrogens with one attached hydrogen (secondary N) is 1. The molecule has 11 heteroatoms. The third kappa shape index (κ3) is 3.58. The van der Waals surface area contributed by atoms with Crippen LogP contribution < -0.4 is 10.9 Å². The molecule has 4 aromatic rings. The van der Waals surface area contributed by atoms with Gasteiger partial charge in [-0.15, -0.1) is 11.3 Å². The molecule has 3 fully saturated rings. The lowest BCUT2D eigenvalue weighted by atomic mass is 10.1. The molecule has 4 heterocycles. The van der Waals surface area contributed by atoms with E-state index in [1.165, 1.54) is 11.3 Å². The van der Waals surface area contributed by atoms with Crippen LogP contribution in [0.4, 0.5) is 5.95 Å². The highest BCUT2D eigenvalue weighted by Crippen LogP contribution is 2.48. The molecule has 0 spiro atoms. The second-order valence-electron chi connectivity index (χ2n) is 9.67. The lowest BCUT2D eigenvalue weighted by Crippen LogP contribution is -2.33. The fraction of sp³-hybridized carbons (Fsp3) is 0.320. The van der Waals surface area contributed by atoms with Crippen molar-refractivity contribution in [3.8, 4) is 11.1 Å². The van der Waals surface area contributed by atoms with Gasteiger partial charge in [0.2, 0.25) is 5.95 Å². The first-order valence-corrected chi connectivity index (χ1v) is 14.6. The standard InChI is InChI=1S/C25H22ClN5O3S2/c26-20-5-2-1-4-16(20)17-10-14-11-27-25(29-23(14)31(24(17)32)15-7-8-15)28-22-18-12-30(13-19(18)22)36(33,34)21-6-3-9-35-21/h1-6,9-11,15,18-19,22H,7-8,12-13H2,(H,27,28,29). The van der Waals surface area contributed by atoms with Crippen LogP contribution in [0.5, 0.6) is 0 Å². The van der Waals surface area contributed by atoms with Gasteiger partial charge in [-0.2, -0.15) is 9.29 Å². The van der Waals surface area contributed by atoms with E-state index in [2.05, 4.69) is 10.3 Å². The van der Waals surface area contributed by atoms with Gasteiger partial charge in [0.15, 0.2) is 0 Å². The molecule has 3 aromatic heterocycles. The van der Waals surface area contributed by atoms with Crippen molar-refractivity contribution in [1.82, 2.24) is 18.8 Å². The van der Waals surface area contributed by atoms with Gasteiger partial charge in [-0.25, -0.2) is 13.4 Å². The number of hydrogen-bond acceptors (Lipinski definition) is 7. The van der Waals surface area contributed by atoms with Gasteiger partial charge < -0.3 is 5.32 Å². The summed E-state index contributed by atoms with van der Waals surface area (Å²) in [4.78, 5) is 22.8. The van der Waals surface area contributed by atoms with E-state index in [0.29, 0.717) is 45.0 Å². The second-order valence-corrected chi connectivity index (χ2v) is 13.2. The number of sulfonamides is 1. The highest BCUT2D eigenvalue weighted by molar-refractivity contribution is 7.91. The minimum absolute atomic E-state index is 0.0968. The average molecular weight is 540 g/mol. The van der Waals surface area contributed by atoms with Gasteiger partial charge in [0, 0.05) is 52.9 Å². The first kappa shape index (κ1) is 22.4. The van der Waals surface area contributed by atoms with Gasteiger partial charge in [-0.05, 0) is 48.3 Å². The maximum Gasteiger partial charge on any atom is 0.260 e. The van der Waals surface area contributed by atoms with Crippen LogP contribution in [0.2, 0.25) is 5.02 Å². The van der Waals surface area contributed by atoms with Crippen molar-refractivity contribution in [3.63, 3.8) is 0 Å². The minimum Gasteiger partial charge on any atom is -0.351 e. The summed E-state index contributed by atoms with van der Waals surface area (Å²) in [5.74, 6) is 0.924. The van der Waals surface area contributed by atoms with Gasteiger partial charge in [-0.1, -0.05) is 35.9 Å². The largest absolute Gasteiger partial charge is 0.351 e. The third-order valence-corrected chi connectivity index (χ3v) is 10.9. The molecule has 8 nitrogen and oxygen atoms in total. The zero-order valence-electron chi connectivity index (χ0n) is 19.0. The molecule has 2 unspecified atom stereocenters. The molecule has 1 aromatic carbocycles. The number of thiophene rings is 1. The number of benzene rings is 1. The van der Waals surface area contributed by atoms with Gasteiger partial charge in [0.05, 0.1) is 0 Å². The van der Waals surface area contributed by atoms with E-state index >= 15 is 0 Å². The molecule has 2 saturated carbocycles.